The molecule has 1 aromatic heterocycles. The third kappa shape index (κ3) is 3.75. The van der Waals surface area contributed by atoms with Crippen molar-refractivity contribution in [3.8, 4) is 5.69 Å². The van der Waals surface area contributed by atoms with Crippen molar-refractivity contribution < 1.29 is 14.3 Å². The number of aromatic nitrogens is 1. The predicted molar refractivity (Wildman–Crippen MR) is 86.6 cm³/mol. The lowest BCUT2D eigenvalue weighted by atomic mass is 10.1. The summed E-state index contributed by atoms with van der Waals surface area (Å²) in [5, 5.41) is 0. The Hall–Kier alpha value is -2.68. The number of hydrazine groups is 2. The minimum atomic E-state index is -0.461. The summed E-state index contributed by atoms with van der Waals surface area (Å²) in [7, 11) is 1.32. The average molecular weight is 319 g/mol. The number of ether oxygens (including phenoxy) is 1. The monoisotopic (exact) mass is 319 g/mol. The lowest BCUT2D eigenvalue weighted by molar-refractivity contribution is 0.0600. The maximum atomic E-state index is 11.9. The largest absolute Gasteiger partial charge is 0.465 e. The molecule has 0 unspecified atom stereocenters. The standard InChI is InChI=1S/C15H17N3O3.H4N2/c1-9-4-5-10(2)18(9)13-8-11(14(19)17-16)6-7-12(13)15(20)21-3;1-2/h4-8H,16H2,1-3H3,(H,17,19);1-2H2. The van der Waals surface area contributed by atoms with Crippen molar-refractivity contribution in [2.75, 3.05) is 7.11 Å². The summed E-state index contributed by atoms with van der Waals surface area (Å²) in [6, 6.07) is 8.59. The lowest BCUT2D eigenvalue weighted by Gasteiger charge is -2.15. The highest BCUT2D eigenvalue weighted by Crippen LogP contribution is 2.22. The van der Waals surface area contributed by atoms with Crippen LogP contribution in [0.1, 0.15) is 32.1 Å². The van der Waals surface area contributed by atoms with E-state index >= 15 is 0 Å². The molecule has 1 amide bonds. The quantitative estimate of drug-likeness (QED) is 0.278. The van der Waals surface area contributed by atoms with Crippen molar-refractivity contribution in [1.29, 1.82) is 0 Å². The first-order valence-corrected chi connectivity index (χ1v) is 6.71. The van der Waals surface area contributed by atoms with E-state index in [1.807, 2.05) is 30.5 Å². The van der Waals surface area contributed by atoms with E-state index in [9.17, 15) is 9.59 Å². The molecule has 2 aromatic rings. The second kappa shape index (κ2) is 8.08. The van der Waals surface area contributed by atoms with Crippen LogP contribution in [0, 0.1) is 13.8 Å². The number of hydrogen-bond acceptors (Lipinski definition) is 6. The maximum Gasteiger partial charge on any atom is 0.339 e. The molecule has 0 aliphatic carbocycles. The molecule has 0 saturated carbocycles. The summed E-state index contributed by atoms with van der Waals surface area (Å²) in [5.41, 5.74) is 5.31. The summed E-state index contributed by atoms with van der Waals surface area (Å²) >= 11 is 0. The molecule has 7 N–H and O–H groups in total. The number of amides is 1. The van der Waals surface area contributed by atoms with Crippen molar-refractivity contribution in [3.63, 3.8) is 0 Å². The fourth-order valence-electron chi connectivity index (χ4n) is 2.27. The third-order valence-electron chi connectivity index (χ3n) is 3.31. The number of nitrogens with one attached hydrogen (secondary N) is 1. The molecule has 0 spiro atoms. The molecule has 0 aliphatic rings. The number of nitrogen functional groups attached to an aromatic ring is 1. The van der Waals surface area contributed by atoms with Crippen LogP contribution in [0.3, 0.4) is 0 Å². The molecule has 2 rings (SSSR count). The highest BCUT2D eigenvalue weighted by atomic mass is 16.5. The van der Waals surface area contributed by atoms with E-state index in [0.29, 0.717) is 16.8 Å². The van der Waals surface area contributed by atoms with Crippen LogP contribution in [0.5, 0.6) is 0 Å². The van der Waals surface area contributed by atoms with Gasteiger partial charge in [0.2, 0.25) is 0 Å². The van der Waals surface area contributed by atoms with Crippen LogP contribution >= 0.6 is 0 Å². The molecule has 0 saturated heterocycles. The molecule has 23 heavy (non-hydrogen) atoms. The van der Waals surface area contributed by atoms with Crippen molar-refractivity contribution >= 4 is 11.9 Å². The number of esters is 1. The predicted octanol–water partition coefficient (Wildman–Crippen LogP) is 0.303. The van der Waals surface area contributed by atoms with Crippen LogP contribution in [0.2, 0.25) is 0 Å². The Kier molecular flexibility index (Phi) is 6.46. The first-order chi connectivity index (χ1) is 11.0. The molecule has 8 heteroatoms. The minimum absolute atomic E-state index is 0.368. The van der Waals surface area contributed by atoms with E-state index in [1.165, 1.54) is 13.2 Å². The molecule has 8 nitrogen and oxygen atoms in total. The average Bonchev–Trinajstić information content (AvgIpc) is 2.93. The Balaban J connectivity index is 0.00000127. The highest BCUT2D eigenvalue weighted by molar-refractivity contribution is 5.98. The van der Waals surface area contributed by atoms with Gasteiger partial charge in [-0.25, -0.2) is 10.6 Å². The second-order valence-electron chi connectivity index (χ2n) is 4.65. The fraction of sp³-hybridized carbons (Fsp3) is 0.200. The molecule has 0 bridgehead atoms. The van der Waals surface area contributed by atoms with Gasteiger partial charge < -0.3 is 9.30 Å². The van der Waals surface area contributed by atoms with E-state index in [1.54, 1.807) is 12.1 Å². The number of aryl methyl sites for hydroxylation is 2. The number of rotatable bonds is 3. The molecular weight excluding hydrogens is 298 g/mol. The van der Waals surface area contributed by atoms with Gasteiger partial charge in [-0.2, -0.15) is 0 Å². The fourth-order valence-corrected chi connectivity index (χ4v) is 2.27. The van der Waals surface area contributed by atoms with Crippen LogP contribution in [0.4, 0.5) is 0 Å². The van der Waals surface area contributed by atoms with Gasteiger partial charge in [-0.15, -0.1) is 0 Å². The lowest BCUT2D eigenvalue weighted by Crippen LogP contribution is -2.30. The van der Waals surface area contributed by atoms with E-state index in [2.05, 4.69) is 17.1 Å². The Bertz CT molecular complexity index is 690. The van der Waals surface area contributed by atoms with Crippen molar-refractivity contribution in [2.45, 2.75) is 13.8 Å². The zero-order chi connectivity index (χ0) is 17.6. The van der Waals surface area contributed by atoms with Gasteiger partial charge in [-0.1, -0.05) is 0 Å². The number of benzene rings is 1. The topological polar surface area (TPSA) is 138 Å². The van der Waals surface area contributed by atoms with Gasteiger partial charge in [0.05, 0.1) is 18.4 Å². The Morgan fingerprint density at radius 3 is 2.13 bits per heavy atom. The van der Waals surface area contributed by atoms with Crippen molar-refractivity contribution in [3.05, 3.63) is 52.8 Å². The number of hydrogen-bond donors (Lipinski definition) is 4. The van der Waals surface area contributed by atoms with Crippen LogP contribution in [0.25, 0.3) is 5.69 Å². The van der Waals surface area contributed by atoms with E-state index in [4.69, 9.17) is 10.6 Å². The molecule has 0 fully saturated rings. The smallest absolute Gasteiger partial charge is 0.339 e. The van der Waals surface area contributed by atoms with Gasteiger partial charge in [0.25, 0.3) is 5.91 Å². The van der Waals surface area contributed by atoms with Crippen molar-refractivity contribution in [1.82, 2.24) is 9.99 Å². The van der Waals surface area contributed by atoms with Crippen molar-refractivity contribution in [2.24, 2.45) is 17.5 Å². The Morgan fingerprint density at radius 1 is 1.09 bits per heavy atom. The Morgan fingerprint density at radius 2 is 1.65 bits per heavy atom. The van der Waals surface area contributed by atoms with Gasteiger partial charge in [-0.05, 0) is 44.2 Å². The zero-order valence-corrected chi connectivity index (χ0v) is 13.3. The third-order valence-corrected chi connectivity index (χ3v) is 3.31. The number of carbonyl (C=O) groups excluding carboxylic acids is 2. The number of nitrogens with zero attached hydrogens (tertiary/aromatic N) is 1. The molecule has 124 valence electrons. The molecule has 1 heterocycles. The minimum Gasteiger partial charge on any atom is -0.465 e. The summed E-state index contributed by atoms with van der Waals surface area (Å²) < 4.78 is 6.69. The van der Waals surface area contributed by atoms with E-state index in [-0.39, 0.29) is 0 Å². The van der Waals surface area contributed by atoms with Gasteiger partial charge in [-0.3, -0.25) is 21.9 Å². The van der Waals surface area contributed by atoms with Gasteiger partial charge in [0.15, 0.2) is 0 Å². The molecule has 0 radical (unpaired) electrons. The zero-order valence-electron chi connectivity index (χ0n) is 13.3. The normalized spacial score (nSPS) is 9.65. The van der Waals surface area contributed by atoms with E-state index in [0.717, 1.165) is 11.4 Å². The van der Waals surface area contributed by atoms with Gasteiger partial charge in [0, 0.05) is 17.0 Å². The van der Waals surface area contributed by atoms with E-state index < -0.39 is 11.9 Å². The summed E-state index contributed by atoms with van der Waals surface area (Å²) in [4.78, 5) is 23.6. The highest BCUT2D eigenvalue weighted by Gasteiger charge is 2.18. The maximum absolute atomic E-state index is 11.9. The van der Waals surface area contributed by atoms with Gasteiger partial charge >= 0.3 is 5.97 Å². The number of carbonyl (C=O) groups is 2. The van der Waals surface area contributed by atoms with Gasteiger partial charge in [0.1, 0.15) is 0 Å². The SMILES string of the molecule is COC(=O)c1ccc(C(=O)NN)cc1-n1c(C)ccc1C.NN. The first-order valence-electron chi connectivity index (χ1n) is 6.71. The summed E-state index contributed by atoms with van der Waals surface area (Å²) in [6.45, 7) is 3.84. The van der Waals surface area contributed by atoms with Crippen LogP contribution in [-0.4, -0.2) is 23.6 Å². The van der Waals surface area contributed by atoms with Crippen LogP contribution in [0.15, 0.2) is 30.3 Å². The second-order valence-corrected chi connectivity index (χ2v) is 4.65. The summed E-state index contributed by atoms with van der Waals surface area (Å²) in [5.74, 6) is 12.3. The number of methoxy groups -OCH3 is 1. The Labute approximate surface area is 134 Å². The first kappa shape index (κ1) is 18.4. The molecule has 1 aromatic carbocycles. The summed E-state index contributed by atoms with van der Waals surface area (Å²) in [6.07, 6.45) is 0. The van der Waals surface area contributed by atoms with Crippen LogP contribution in [-0.2, 0) is 4.74 Å². The molecule has 0 aliphatic heterocycles. The number of nitrogens with two attached hydrogens (primary N) is 3. The van der Waals surface area contributed by atoms with Crippen LogP contribution < -0.4 is 23.0 Å². The molecular formula is C15H21N5O3. The molecule has 0 atom stereocenters.